The zero-order valence-electron chi connectivity index (χ0n) is 16.6. The number of benzene rings is 2. The summed E-state index contributed by atoms with van der Waals surface area (Å²) in [5, 5.41) is 0.740. The highest BCUT2D eigenvalue weighted by Crippen LogP contribution is 2.46. The number of fused-ring (bicyclic) bond motifs is 3. The molecule has 1 fully saturated rings. The zero-order chi connectivity index (χ0) is 20.7. The van der Waals surface area contributed by atoms with Gasteiger partial charge in [-0.1, -0.05) is 35.9 Å². The molecule has 3 aromatic rings. The van der Waals surface area contributed by atoms with Crippen LogP contribution in [0.5, 0.6) is 0 Å². The quantitative estimate of drug-likeness (QED) is 0.516. The van der Waals surface area contributed by atoms with Gasteiger partial charge in [0.15, 0.2) is 0 Å². The maximum Gasteiger partial charge on any atom is 0.263 e. The van der Waals surface area contributed by atoms with Gasteiger partial charge in [0, 0.05) is 45.7 Å². The second-order valence-electron chi connectivity index (χ2n) is 7.91. The molecule has 0 aliphatic carbocycles. The summed E-state index contributed by atoms with van der Waals surface area (Å²) in [6.07, 6.45) is 2.00. The van der Waals surface area contributed by atoms with Crippen molar-refractivity contribution in [2.24, 2.45) is 5.73 Å². The van der Waals surface area contributed by atoms with Gasteiger partial charge in [0.2, 0.25) is 0 Å². The lowest BCUT2D eigenvalue weighted by molar-refractivity contribution is 0.0718. The molecule has 30 heavy (non-hydrogen) atoms. The van der Waals surface area contributed by atoms with Crippen molar-refractivity contribution in [3.63, 3.8) is 0 Å². The Morgan fingerprint density at radius 2 is 1.97 bits per heavy atom. The van der Waals surface area contributed by atoms with Gasteiger partial charge in [-0.15, -0.1) is 23.1 Å². The average molecular weight is 455 g/mol. The van der Waals surface area contributed by atoms with Gasteiger partial charge >= 0.3 is 0 Å². The molecule has 2 aromatic carbocycles. The molecule has 154 valence electrons. The van der Waals surface area contributed by atoms with Gasteiger partial charge in [-0.05, 0) is 59.7 Å². The van der Waals surface area contributed by atoms with E-state index < -0.39 is 0 Å². The number of likely N-dealkylation sites (tertiary alicyclic amines) is 1. The van der Waals surface area contributed by atoms with Crippen LogP contribution in [0, 0.1) is 0 Å². The standard InChI is InChI=1S/C24H23ClN2OS2/c25-19-4-5-21-20(12-19)23-18(14-29-21)11-22(30-23)24(28)27-8-6-16(7-9-27)17-3-1-2-15(10-17)13-26/h1-5,10-12,16H,6-9,13-14,26H2. The largest absolute Gasteiger partial charge is 0.338 e. The van der Waals surface area contributed by atoms with Crippen molar-refractivity contribution in [1.29, 1.82) is 0 Å². The summed E-state index contributed by atoms with van der Waals surface area (Å²) in [6.45, 7) is 2.17. The Hall–Kier alpha value is -1.79. The highest BCUT2D eigenvalue weighted by atomic mass is 35.5. The molecule has 5 rings (SSSR count). The van der Waals surface area contributed by atoms with Crippen LogP contribution >= 0.6 is 34.7 Å². The molecule has 0 bridgehead atoms. The van der Waals surface area contributed by atoms with E-state index in [4.69, 9.17) is 17.3 Å². The topological polar surface area (TPSA) is 46.3 Å². The van der Waals surface area contributed by atoms with E-state index in [1.807, 2.05) is 28.8 Å². The van der Waals surface area contributed by atoms with E-state index in [-0.39, 0.29) is 5.91 Å². The number of carbonyl (C=O) groups is 1. The minimum Gasteiger partial charge on any atom is -0.338 e. The predicted octanol–water partition coefficient (Wildman–Crippen LogP) is 6.15. The molecule has 2 aliphatic rings. The molecule has 2 N–H and O–H groups in total. The van der Waals surface area contributed by atoms with Crippen LogP contribution in [0.1, 0.15) is 45.1 Å². The van der Waals surface area contributed by atoms with Crippen molar-refractivity contribution in [3.8, 4) is 10.4 Å². The van der Waals surface area contributed by atoms with Gasteiger partial charge < -0.3 is 10.6 Å². The Morgan fingerprint density at radius 3 is 2.77 bits per heavy atom. The number of nitrogens with zero attached hydrogens (tertiary/aromatic N) is 1. The Kier molecular flexibility index (Phi) is 5.63. The lowest BCUT2D eigenvalue weighted by Crippen LogP contribution is -2.37. The molecule has 3 nitrogen and oxygen atoms in total. The third kappa shape index (κ3) is 3.80. The minimum atomic E-state index is 0.164. The molecule has 1 saturated heterocycles. The molecule has 0 saturated carbocycles. The molecule has 1 amide bonds. The van der Waals surface area contributed by atoms with Crippen LogP contribution in [0.2, 0.25) is 5.02 Å². The first-order chi connectivity index (χ1) is 14.6. The predicted molar refractivity (Wildman–Crippen MR) is 127 cm³/mol. The zero-order valence-corrected chi connectivity index (χ0v) is 19.0. The molecule has 3 heterocycles. The SMILES string of the molecule is NCc1cccc(C2CCN(C(=O)c3cc4c(s3)-c3cc(Cl)ccc3SC4)CC2)c1. The summed E-state index contributed by atoms with van der Waals surface area (Å²) in [6, 6.07) is 16.7. The second-order valence-corrected chi connectivity index (χ2v) is 10.4. The number of piperidine rings is 1. The number of nitrogens with two attached hydrogens (primary N) is 1. The third-order valence-corrected chi connectivity index (χ3v) is 8.59. The van der Waals surface area contributed by atoms with Crippen LogP contribution in [-0.2, 0) is 12.3 Å². The van der Waals surface area contributed by atoms with Gasteiger partial charge in [0.1, 0.15) is 0 Å². The van der Waals surface area contributed by atoms with Gasteiger partial charge in [-0.25, -0.2) is 0 Å². The van der Waals surface area contributed by atoms with Crippen molar-refractivity contribution in [2.45, 2.75) is 36.0 Å². The number of amides is 1. The number of hydrogen-bond acceptors (Lipinski definition) is 4. The van der Waals surface area contributed by atoms with Crippen LogP contribution in [-0.4, -0.2) is 23.9 Å². The summed E-state index contributed by atoms with van der Waals surface area (Å²) in [5.74, 6) is 1.58. The fourth-order valence-electron chi connectivity index (χ4n) is 4.38. The van der Waals surface area contributed by atoms with Crippen molar-refractivity contribution < 1.29 is 4.79 Å². The smallest absolute Gasteiger partial charge is 0.263 e. The first-order valence-electron chi connectivity index (χ1n) is 10.3. The van der Waals surface area contributed by atoms with Crippen molar-refractivity contribution in [1.82, 2.24) is 4.90 Å². The molecule has 2 aliphatic heterocycles. The first-order valence-corrected chi connectivity index (χ1v) is 12.4. The second kappa shape index (κ2) is 8.39. The minimum absolute atomic E-state index is 0.164. The van der Waals surface area contributed by atoms with Gasteiger partial charge in [-0.2, -0.15) is 0 Å². The van der Waals surface area contributed by atoms with Crippen molar-refractivity contribution >= 4 is 40.6 Å². The van der Waals surface area contributed by atoms with E-state index in [2.05, 4.69) is 36.4 Å². The van der Waals surface area contributed by atoms with Crippen LogP contribution in [0.3, 0.4) is 0 Å². The summed E-state index contributed by atoms with van der Waals surface area (Å²) in [5.41, 5.74) is 10.7. The molecule has 0 spiro atoms. The third-order valence-electron chi connectivity index (χ3n) is 6.03. The van der Waals surface area contributed by atoms with Crippen molar-refractivity contribution in [3.05, 3.63) is 75.1 Å². The molecule has 0 unspecified atom stereocenters. The molecular formula is C24H23ClN2OS2. The highest BCUT2D eigenvalue weighted by Gasteiger charge is 2.28. The first kappa shape index (κ1) is 20.1. The molecule has 0 atom stereocenters. The van der Waals surface area contributed by atoms with E-state index >= 15 is 0 Å². The fraction of sp³-hybridized carbons (Fsp3) is 0.292. The summed E-state index contributed by atoms with van der Waals surface area (Å²) in [7, 11) is 0. The number of thiophene rings is 1. The summed E-state index contributed by atoms with van der Waals surface area (Å²) in [4.78, 5) is 18.5. The lowest BCUT2D eigenvalue weighted by Gasteiger charge is -2.32. The monoisotopic (exact) mass is 454 g/mol. The number of thioether (sulfide) groups is 1. The molecule has 6 heteroatoms. The van der Waals surface area contributed by atoms with Crippen LogP contribution in [0.4, 0.5) is 0 Å². The normalized spacial score (nSPS) is 16.3. The summed E-state index contributed by atoms with van der Waals surface area (Å²) < 4.78 is 0. The van der Waals surface area contributed by atoms with Gasteiger partial charge in [0.25, 0.3) is 5.91 Å². The number of rotatable bonds is 3. The lowest BCUT2D eigenvalue weighted by atomic mass is 9.88. The highest BCUT2D eigenvalue weighted by molar-refractivity contribution is 7.98. The maximum atomic E-state index is 13.2. The number of halogens is 1. The van der Waals surface area contributed by atoms with E-state index in [9.17, 15) is 4.79 Å². The van der Waals surface area contributed by atoms with E-state index in [1.54, 1.807) is 11.3 Å². The van der Waals surface area contributed by atoms with Crippen LogP contribution in [0.15, 0.2) is 53.4 Å². The van der Waals surface area contributed by atoms with Gasteiger partial charge in [0.05, 0.1) is 4.88 Å². The summed E-state index contributed by atoms with van der Waals surface area (Å²) >= 11 is 9.66. The van der Waals surface area contributed by atoms with Crippen LogP contribution < -0.4 is 5.73 Å². The van der Waals surface area contributed by atoms with Crippen molar-refractivity contribution in [2.75, 3.05) is 13.1 Å². The van der Waals surface area contributed by atoms with E-state index in [1.165, 1.54) is 26.5 Å². The molecule has 1 aromatic heterocycles. The Morgan fingerprint density at radius 1 is 1.13 bits per heavy atom. The Balaban J connectivity index is 1.31. The maximum absolute atomic E-state index is 13.2. The number of carbonyl (C=O) groups excluding carboxylic acids is 1. The van der Waals surface area contributed by atoms with E-state index in [0.717, 1.165) is 47.1 Å². The average Bonchev–Trinajstić information content (AvgIpc) is 3.24. The van der Waals surface area contributed by atoms with Crippen LogP contribution in [0.25, 0.3) is 10.4 Å². The Bertz CT molecular complexity index is 1100. The fourth-order valence-corrected chi connectivity index (χ4v) is 6.90. The molecule has 0 radical (unpaired) electrons. The van der Waals surface area contributed by atoms with E-state index in [0.29, 0.717) is 12.5 Å². The van der Waals surface area contributed by atoms with Gasteiger partial charge in [-0.3, -0.25) is 4.79 Å². The Labute approximate surface area is 190 Å². The molecular weight excluding hydrogens is 432 g/mol. The number of hydrogen-bond donors (Lipinski definition) is 1.